The lowest BCUT2D eigenvalue weighted by Crippen LogP contribution is -2.61. The molecule has 1 saturated heterocycles. The van der Waals surface area contributed by atoms with E-state index < -0.39 is 21.7 Å². The van der Waals surface area contributed by atoms with Crippen molar-refractivity contribution in [2.45, 2.75) is 75.0 Å². The number of piperidine rings is 1. The van der Waals surface area contributed by atoms with Crippen molar-refractivity contribution in [1.29, 1.82) is 0 Å². The summed E-state index contributed by atoms with van der Waals surface area (Å²) in [4.78, 5) is 14.5. The van der Waals surface area contributed by atoms with Crippen molar-refractivity contribution in [2.75, 3.05) is 26.0 Å². The van der Waals surface area contributed by atoms with Crippen LogP contribution in [0.1, 0.15) is 62.8 Å². The average molecular weight is 465 g/mol. The molecule has 0 bridgehead atoms. The van der Waals surface area contributed by atoms with Crippen LogP contribution >= 0.6 is 0 Å². The Hall–Kier alpha value is -1.48. The summed E-state index contributed by atoms with van der Waals surface area (Å²) in [6.07, 6.45) is 7.53. The second-order valence-electron chi connectivity index (χ2n) is 9.92. The second kappa shape index (κ2) is 9.79. The third-order valence-corrected chi connectivity index (χ3v) is 8.19. The molecule has 32 heavy (non-hydrogen) atoms. The summed E-state index contributed by atoms with van der Waals surface area (Å²) in [6.45, 7) is 1.31. The number of nitrogens with zero attached hydrogens (tertiary/aromatic N) is 1. The molecule has 7 nitrogen and oxygen atoms in total. The molecule has 8 heteroatoms. The van der Waals surface area contributed by atoms with Gasteiger partial charge in [0.2, 0.25) is 10.0 Å². The first-order valence-corrected chi connectivity index (χ1v) is 13.8. The van der Waals surface area contributed by atoms with Crippen LogP contribution in [0.4, 0.5) is 0 Å². The molecule has 0 aromatic heterocycles. The van der Waals surface area contributed by atoms with Crippen LogP contribution in [0.25, 0.3) is 0 Å². The Morgan fingerprint density at radius 1 is 1.16 bits per heavy atom. The lowest BCUT2D eigenvalue weighted by atomic mass is 9.78. The molecule has 3 aliphatic rings. The van der Waals surface area contributed by atoms with Gasteiger partial charge in [-0.05, 0) is 68.8 Å². The molecule has 1 heterocycles. The average Bonchev–Trinajstić information content (AvgIpc) is 2.76. The van der Waals surface area contributed by atoms with Crippen molar-refractivity contribution in [1.82, 2.24) is 9.62 Å². The number of nitrogens with one attached hydrogen (secondary N) is 1. The number of carbonyl (C=O) groups excluding carboxylic acids is 1. The van der Waals surface area contributed by atoms with Crippen molar-refractivity contribution >= 4 is 15.9 Å². The molecule has 178 valence electrons. The van der Waals surface area contributed by atoms with Crippen LogP contribution < -0.4 is 4.72 Å². The second-order valence-corrected chi connectivity index (χ2v) is 11.7. The van der Waals surface area contributed by atoms with Crippen molar-refractivity contribution < 1.29 is 23.1 Å². The Labute approximate surface area is 191 Å². The van der Waals surface area contributed by atoms with Gasteiger partial charge in [0.15, 0.2) is 0 Å². The summed E-state index contributed by atoms with van der Waals surface area (Å²) in [5, 5.41) is 10.5. The van der Waals surface area contributed by atoms with E-state index in [0.717, 1.165) is 38.4 Å². The maximum absolute atomic E-state index is 12.8. The molecule has 2 aliphatic carbocycles. The fourth-order valence-corrected chi connectivity index (χ4v) is 6.17. The number of rotatable bonds is 7. The molecule has 2 N–H and O–H groups in total. The zero-order chi connectivity index (χ0) is 22.8. The van der Waals surface area contributed by atoms with E-state index in [4.69, 9.17) is 4.74 Å². The number of likely N-dealkylation sites (tertiary alicyclic amines) is 1. The van der Waals surface area contributed by atoms with Crippen LogP contribution in [-0.4, -0.2) is 68.0 Å². The van der Waals surface area contributed by atoms with E-state index in [-0.39, 0.29) is 11.9 Å². The lowest BCUT2D eigenvalue weighted by Gasteiger charge is -2.44. The first-order valence-electron chi connectivity index (χ1n) is 11.9. The molecule has 1 aromatic rings. The number of hydrogen-bond donors (Lipinski definition) is 2. The molecular weight excluding hydrogens is 428 g/mol. The zero-order valence-electron chi connectivity index (χ0n) is 18.9. The van der Waals surface area contributed by atoms with Gasteiger partial charge in [-0.2, -0.15) is 0 Å². The van der Waals surface area contributed by atoms with Gasteiger partial charge in [-0.3, -0.25) is 4.79 Å². The lowest BCUT2D eigenvalue weighted by molar-refractivity contribution is -0.165. The minimum absolute atomic E-state index is 0.237. The van der Waals surface area contributed by atoms with Crippen molar-refractivity contribution in [3.63, 3.8) is 0 Å². The summed E-state index contributed by atoms with van der Waals surface area (Å²) >= 11 is 0. The number of amides is 1. The SMILES string of the molecule is CS(=O)(=O)N[C@H]1CCN(C(=O)C2(O)CCC2)C[C@H]1OCC1CCC(c2ccccc2)CC1. The predicted molar refractivity (Wildman–Crippen MR) is 123 cm³/mol. The van der Waals surface area contributed by atoms with Gasteiger partial charge in [-0.25, -0.2) is 13.1 Å². The van der Waals surface area contributed by atoms with E-state index in [0.29, 0.717) is 50.8 Å². The maximum atomic E-state index is 12.8. The van der Waals surface area contributed by atoms with Gasteiger partial charge in [0.1, 0.15) is 5.60 Å². The van der Waals surface area contributed by atoms with Crippen LogP contribution in [0.15, 0.2) is 30.3 Å². The van der Waals surface area contributed by atoms with Crippen LogP contribution in [-0.2, 0) is 19.6 Å². The normalized spacial score (nSPS) is 30.5. The minimum Gasteiger partial charge on any atom is -0.380 e. The van der Waals surface area contributed by atoms with Gasteiger partial charge in [0.05, 0.1) is 18.4 Å². The van der Waals surface area contributed by atoms with Crippen molar-refractivity contribution in [3.05, 3.63) is 35.9 Å². The van der Waals surface area contributed by atoms with E-state index in [1.165, 1.54) is 5.56 Å². The van der Waals surface area contributed by atoms with Crippen LogP contribution in [0.5, 0.6) is 0 Å². The Balaban J connectivity index is 1.33. The van der Waals surface area contributed by atoms with E-state index in [1.807, 2.05) is 6.07 Å². The molecule has 0 unspecified atom stereocenters. The number of benzene rings is 1. The molecule has 4 rings (SSSR count). The first-order chi connectivity index (χ1) is 15.2. The molecular formula is C24H36N2O5S. The van der Waals surface area contributed by atoms with Gasteiger partial charge in [0.25, 0.3) is 5.91 Å². The van der Waals surface area contributed by atoms with Gasteiger partial charge in [-0.15, -0.1) is 0 Å². The largest absolute Gasteiger partial charge is 0.380 e. The van der Waals surface area contributed by atoms with Gasteiger partial charge in [0, 0.05) is 19.7 Å². The third kappa shape index (κ3) is 5.71. The fraction of sp³-hybridized carbons (Fsp3) is 0.708. The molecule has 0 spiro atoms. The summed E-state index contributed by atoms with van der Waals surface area (Å²) in [7, 11) is -3.38. The summed E-state index contributed by atoms with van der Waals surface area (Å²) in [6, 6.07) is 10.3. The Morgan fingerprint density at radius 2 is 1.84 bits per heavy atom. The molecule has 1 aliphatic heterocycles. The summed E-state index contributed by atoms with van der Waals surface area (Å²) in [5.74, 6) is 0.798. The number of ether oxygens (including phenoxy) is 1. The molecule has 2 atom stereocenters. The number of carbonyl (C=O) groups is 1. The van der Waals surface area contributed by atoms with E-state index in [9.17, 15) is 18.3 Å². The zero-order valence-corrected chi connectivity index (χ0v) is 19.7. The molecule has 1 aromatic carbocycles. The Morgan fingerprint density at radius 3 is 2.44 bits per heavy atom. The first kappa shape index (κ1) is 23.7. The summed E-state index contributed by atoms with van der Waals surface area (Å²) < 4.78 is 32.7. The van der Waals surface area contributed by atoms with E-state index >= 15 is 0 Å². The summed E-state index contributed by atoms with van der Waals surface area (Å²) in [5.41, 5.74) is 0.164. The minimum atomic E-state index is -3.38. The fourth-order valence-electron chi connectivity index (χ4n) is 5.35. The topological polar surface area (TPSA) is 95.9 Å². The van der Waals surface area contributed by atoms with Gasteiger partial charge in [-0.1, -0.05) is 30.3 Å². The van der Waals surface area contributed by atoms with E-state index in [1.54, 1.807) is 4.90 Å². The highest BCUT2D eigenvalue weighted by atomic mass is 32.2. The maximum Gasteiger partial charge on any atom is 0.254 e. The van der Waals surface area contributed by atoms with Crippen LogP contribution in [0, 0.1) is 5.92 Å². The molecule has 3 fully saturated rings. The highest BCUT2D eigenvalue weighted by Gasteiger charge is 2.46. The van der Waals surface area contributed by atoms with E-state index in [2.05, 4.69) is 29.0 Å². The molecule has 2 saturated carbocycles. The van der Waals surface area contributed by atoms with Crippen molar-refractivity contribution in [3.8, 4) is 0 Å². The Kier molecular flexibility index (Phi) is 7.24. The molecule has 0 radical (unpaired) electrons. The highest BCUT2D eigenvalue weighted by molar-refractivity contribution is 7.88. The standard InChI is InChI=1S/C24H36N2O5S/c1-32(29,30)25-21-12-15-26(23(27)24(28)13-5-14-24)16-22(21)31-17-18-8-10-20(11-9-18)19-6-3-2-4-7-19/h2-4,6-7,18,20-22,25,28H,5,8-17H2,1H3/t18?,20?,21-,22+/m0/s1. The Bertz CT molecular complexity index is 879. The third-order valence-electron chi connectivity index (χ3n) is 7.45. The van der Waals surface area contributed by atoms with Crippen molar-refractivity contribution in [2.24, 2.45) is 5.92 Å². The van der Waals surface area contributed by atoms with Crippen LogP contribution in [0.3, 0.4) is 0 Å². The monoisotopic (exact) mass is 464 g/mol. The number of hydrogen-bond acceptors (Lipinski definition) is 5. The number of aliphatic hydroxyl groups is 1. The van der Waals surface area contributed by atoms with Gasteiger partial charge >= 0.3 is 0 Å². The predicted octanol–water partition coefficient (Wildman–Crippen LogP) is 2.41. The smallest absolute Gasteiger partial charge is 0.254 e. The van der Waals surface area contributed by atoms with Gasteiger partial charge < -0.3 is 14.7 Å². The highest BCUT2D eigenvalue weighted by Crippen LogP contribution is 2.37. The number of sulfonamides is 1. The molecule has 1 amide bonds. The quantitative estimate of drug-likeness (QED) is 0.646. The van der Waals surface area contributed by atoms with Crippen LogP contribution in [0.2, 0.25) is 0 Å².